The van der Waals surface area contributed by atoms with Crippen LogP contribution in [-0.4, -0.2) is 36.6 Å². The minimum Gasteiger partial charge on any atom is -0.493 e. The molecule has 3 aromatic carbocycles. The highest BCUT2D eigenvalue weighted by Gasteiger charge is 2.50. The molecule has 190 valence electrons. The molecule has 7 rings (SSSR count). The maximum Gasteiger partial charge on any atom is 0.336 e. The zero-order valence-electron chi connectivity index (χ0n) is 20.8. The summed E-state index contributed by atoms with van der Waals surface area (Å²) in [5, 5.41) is 22.2. The van der Waals surface area contributed by atoms with Crippen molar-refractivity contribution in [1.29, 1.82) is 5.26 Å². The highest BCUT2D eigenvalue weighted by Crippen LogP contribution is 2.50. The molecule has 1 fully saturated rings. The normalized spacial score (nSPS) is 17.5. The van der Waals surface area contributed by atoms with Crippen LogP contribution in [0.15, 0.2) is 95.9 Å². The van der Waals surface area contributed by atoms with Crippen LogP contribution in [0, 0.1) is 11.3 Å². The Morgan fingerprint density at radius 1 is 0.949 bits per heavy atom. The second kappa shape index (κ2) is 8.71. The Hall–Kier alpha value is -5.16. The highest BCUT2D eigenvalue weighted by molar-refractivity contribution is 5.93. The number of benzene rings is 3. The summed E-state index contributed by atoms with van der Waals surface area (Å²) in [6, 6.07) is 28.0. The van der Waals surface area contributed by atoms with Crippen LogP contribution in [0.4, 0.5) is 0 Å². The van der Waals surface area contributed by atoms with Gasteiger partial charge >= 0.3 is 5.69 Å². The van der Waals surface area contributed by atoms with Gasteiger partial charge in [0.15, 0.2) is 0 Å². The van der Waals surface area contributed by atoms with Crippen LogP contribution in [0.1, 0.15) is 46.9 Å². The number of nitriles is 1. The molecule has 2 aliphatic heterocycles. The SMILES string of the molecule is N#Cc1ncc(-n2c(O)c3n(c2=O)[C@@H]2CC3N(C(=O)C(c3ccccc3)c3ccccc3)C2)c2ccccc12. The molecule has 2 aliphatic rings. The molecule has 4 heterocycles. The number of aromatic hydroxyl groups is 1. The second-order valence-electron chi connectivity index (χ2n) is 10.00. The number of carbonyl (C=O) groups is 1. The van der Waals surface area contributed by atoms with Crippen molar-refractivity contribution in [3.8, 4) is 17.6 Å². The number of nitrogens with zero attached hydrogens (tertiary/aromatic N) is 5. The molecule has 5 aromatic rings. The lowest BCUT2D eigenvalue weighted by Gasteiger charge is -2.31. The Morgan fingerprint density at radius 3 is 2.21 bits per heavy atom. The summed E-state index contributed by atoms with van der Waals surface area (Å²) in [6.07, 6.45) is 2.02. The Bertz CT molecular complexity index is 1810. The smallest absolute Gasteiger partial charge is 0.336 e. The van der Waals surface area contributed by atoms with Gasteiger partial charge < -0.3 is 10.0 Å². The summed E-state index contributed by atoms with van der Waals surface area (Å²) in [4.78, 5) is 33.9. The van der Waals surface area contributed by atoms with E-state index in [1.54, 1.807) is 22.8 Å². The van der Waals surface area contributed by atoms with E-state index in [2.05, 4.69) is 11.1 Å². The lowest BCUT2D eigenvalue weighted by Crippen LogP contribution is -2.40. The van der Waals surface area contributed by atoms with Crippen molar-refractivity contribution >= 4 is 16.7 Å². The number of imidazole rings is 1. The zero-order chi connectivity index (χ0) is 26.7. The van der Waals surface area contributed by atoms with E-state index in [-0.39, 0.29) is 29.2 Å². The predicted octanol–water partition coefficient (Wildman–Crippen LogP) is 4.42. The molecule has 0 aliphatic carbocycles. The molecule has 1 N–H and O–H groups in total. The maximum atomic E-state index is 14.2. The van der Waals surface area contributed by atoms with Gasteiger partial charge in [-0.1, -0.05) is 84.9 Å². The molecule has 8 heteroatoms. The first kappa shape index (κ1) is 23.0. The number of carbonyl (C=O) groups excluding carboxylic acids is 1. The molecule has 0 saturated carbocycles. The number of hydrogen-bond donors (Lipinski definition) is 1. The number of aromatic nitrogens is 3. The van der Waals surface area contributed by atoms with E-state index < -0.39 is 12.0 Å². The van der Waals surface area contributed by atoms with Gasteiger partial charge in [0.1, 0.15) is 17.5 Å². The van der Waals surface area contributed by atoms with Gasteiger partial charge in [0.25, 0.3) is 0 Å². The van der Waals surface area contributed by atoms with Gasteiger partial charge in [-0.2, -0.15) is 5.26 Å². The maximum absolute atomic E-state index is 14.2. The Kier molecular flexibility index (Phi) is 5.13. The number of amides is 1. The van der Waals surface area contributed by atoms with Gasteiger partial charge in [0, 0.05) is 17.3 Å². The zero-order valence-corrected chi connectivity index (χ0v) is 20.8. The van der Waals surface area contributed by atoms with E-state index >= 15 is 0 Å². The molecule has 1 amide bonds. The molecule has 39 heavy (non-hydrogen) atoms. The van der Waals surface area contributed by atoms with Crippen molar-refractivity contribution in [2.75, 3.05) is 6.54 Å². The summed E-state index contributed by atoms with van der Waals surface area (Å²) in [5.74, 6) is -0.753. The van der Waals surface area contributed by atoms with Crippen molar-refractivity contribution in [3.63, 3.8) is 0 Å². The second-order valence-corrected chi connectivity index (χ2v) is 10.00. The number of likely N-dealkylation sites (tertiary alicyclic amines) is 1. The average Bonchev–Trinajstić information content (AvgIpc) is 3.65. The molecular weight excluding hydrogens is 490 g/mol. The molecule has 2 atom stereocenters. The van der Waals surface area contributed by atoms with E-state index in [1.165, 1.54) is 10.8 Å². The molecule has 2 aromatic heterocycles. The minimum absolute atomic E-state index is 0.0590. The van der Waals surface area contributed by atoms with Crippen LogP contribution in [-0.2, 0) is 4.79 Å². The third kappa shape index (κ3) is 3.33. The standard InChI is InChI=1S/C31H23N5O3/c32-16-24-22-13-7-8-14-23(22)26(17-33-24)36-30(38)28-25-15-21(35(28)31(36)39)18-34(25)29(37)27(19-9-3-1-4-10-19)20-11-5-2-6-12-20/h1-14,17,21,25,27,38H,15,18H2/t21-,25?/m1/s1. The lowest BCUT2D eigenvalue weighted by molar-refractivity contribution is -0.133. The third-order valence-electron chi connectivity index (χ3n) is 7.97. The summed E-state index contributed by atoms with van der Waals surface area (Å²) in [5.41, 5.74) is 2.51. The van der Waals surface area contributed by atoms with Gasteiger partial charge in [0.05, 0.1) is 29.9 Å². The van der Waals surface area contributed by atoms with E-state index in [4.69, 9.17) is 0 Å². The predicted molar refractivity (Wildman–Crippen MR) is 145 cm³/mol. The quantitative estimate of drug-likeness (QED) is 0.383. The highest BCUT2D eigenvalue weighted by atomic mass is 16.3. The summed E-state index contributed by atoms with van der Waals surface area (Å²) < 4.78 is 2.88. The van der Waals surface area contributed by atoms with Crippen LogP contribution in [0.3, 0.4) is 0 Å². The van der Waals surface area contributed by atoms with E-state index in [9.17, 15) is 20.0 Å². The lowest BCUT2D eigenvalue weighted by atomic mass is 9.89. The van der Waals surface area contributed by atoms with Gasteiger partial charge in [0.2, 0.25) is 11.8 Å². The van der Waals surface area contributed by atoms with Crippen molar-refractivity contribution in [3.05, 3.63) is 124 Å². The van der Waals surface area contributed by atoms with Crippen LogP contribution in [0.2, 0.25) is 0 Å². The Balaban J connectivity index is 1.33. The van der Waals surface area contributed by atoms with E-state index in [1.807, 2.05) is 71.6 Å². The van der Waals surface area contributed by atoms with Crippen molar-refractivity contribution in [2.45, 2.75) is 24.4 Å². The Labute approximate surface area is 223 Å². The first-order valence-electron chi connectivity index (χ1n) is 12.8. The van der Waals surface area contributed by atoms with E-state index in [0.29, 0.717) is 35.1 Å². The Morgan fingerprint density at radius 2 is 1.56 bits per heavy atom. The van der Waals surface area contributed by atoms with Crippen LogP contribution >= 0.6 is 0 Å². The minimum atomic E-state index is -0.497. The molecule has 1 unspecified atom stereocenters. The molecular formula is C31H23N5O3. The average molecular weight is 514 g/mol. The fraction of sp³-hybridized carbons (Fsp3) is 0.161. The third-order valence-corrected chi connectivity index (χ3v) is 7.97. The van der Waals surface area contributed by atoms with Crippen molar-refractivity contribution in [1.82, 2.24) is 19.0 Å². The molecule has 0 spiro atoms. The number of pyridine rings is 1. The fourth-order valence-electron chi connectivity index (χ4n) is 6.29. The first-order valence-corrected chi connectivity index (χ1v) is 12.8. The van der Waals surface area contributed by atoms with Crippen molar-refractivity contribution < 1.29 is 9.90 Å². The largest absolute Gasteiger partial charge is 0.493 e. The van der Waals surface area contributed by atoms with E-state index in [0.717, 1.165) is 11.1 Å². The fourth-order valence-corrected chi connectivity index (χ4v) is 6.29. The van der Waals surface area contributed by atoms with Gasteiger partial charge in [-0.15, -0.1) is 0 Å². The number of rotatable bonds is 4. The molecule has 8 nitrogen and oxygen atoms in total. The summed E-state index contributed by atoms with van der Waals surface area (Å²) in [6.45, 7) is 0.391. The number of fused-ring (bicyclic) bond motifs is 6. The topological polar surface area (TPSA) is 104 Å². The van der Waals surface area contributed by atoms with Gasteiger partial charge in [-0.25, -0.2) is 14.3 Å². The van der Waals surface area contributed by atoms with Crippen LogP contribution < -0.4 is 5.69 Å². The first-order chi connectivity index (χ1) is 19.1. The van der Waals surface area contributed by atoms with Crippen LogP contribution in [0.5, 0.6) is 5.88 Å². The monoisotopic (exact) mass is 513 g/mol. The summed E-state index contributed by atoms with van der Waals surface area (Å²) in [7, 11) is 0. The summed E-state index contributed by atoms with van der Waals surface area (Å²) >= 11 is 0. The molecule has 2 bridgehead atoms. The number of hydrogen-bond acceptors (Lipinski definition) is 5. The van der Waals surface area contributed by atoms with Gasteiger partial charge in [-0.3, -0.25) is 9.36 Å². The van der Waals surface area contributed by atoms with Gasteiger partial charge in [-0.05, 0) is 17.5 Å². The molecule has 0 radical (unpaired) electrons. The molecule has 1 saturated heterocycles. The van der Waals surface area contributed by atoms with Crippen LogP contribution in [0.25, 0.3) is 16.5 Å². The van der Waals surface area contributed by atoms with Crippen molar-refractivity contribution in [2.24, 2.45) is 0 Å².